The molecule has 5 nitrogen and oxygen atoms in total. The molecule has 0 spiro atoms. The zero-order valence-corrected chi connectivity index (χ0v) is 12.3. The van der Waals surface area contributed by atoms with E-state index in [0.717, 1.165) is 0 Å². The topological polar surface area (TPSA) is 72.8 Å². The van der Waals surface area contributed by atoms with Crippen LogP contribution >= 0.6 is 0 Å². The highest BCUT2D eigenvalue weighted by atomic mass is 16.5. The maximum atomic E-state index is 12.6. The van der Waals surface area contributed by atoms with E-state index < -0.39 is 5.97 Å². The van der Waals surface area contributed by atoms with Crippen LogP contribution in [0.3, 0.4) is 0 Å². The van der Waals surface area contributed by atoms with Gasteiger partial charge in [0, 0.05) is 11.1 Å². The Morgan fingerprint density at radius 3 is 2.14 bits per heavy atom. The number of carboxylic acids is 1. The van der Waals surface area contributed by atoms with Crippen molar-refractivity contribution in [1.29, 1.82) is 0 Å². The molecule has 0 aromatic heterocycles. The smallest absolute Gasteiger partial charge is 0.307 e. The molecule has 5 heteroatoms. The Morgan fingerprint density at radius 1 is 1.00 bits per heavy atom. The van der Waals surface area contributed by atoms with Crippen LogP contribution in [0.15, 0.2) is 42.5 Å². The molecule has 0 aliphatic rings. The van der Waals surface area contributed by atoms with Gasteiger partial charge in [0.05, 0.1) is 20.6 Å². The number of benzene rings is 2. The van der Waals surface area contributed by atoms with Gasteiger partial charge in [-0.05, 0) is 17.7 Å². The molecule has 22 heavy (non-hydrogen) atoms. The van der Waals surface area contributed by atoms with Crippen molar-refractivity contribution in [2.45, 2.75) is 6.42 Å². The van der Waals surface area contributed by atoms with Crippen LogP contribution in [0.5, 0.6) is 11.5 Å². The van der Waals surface area contributed by atoms with Gasteiger partial charge < -0.3 is 14.6 Å². The average Bonchev–Trinajstić information content (AvgIpc) is 2.54. The highest BCUT2D eigenvalue weighted by Gasteiger charge is 2.19. The molecule has 0 radical (unpaired) electrons. The van der Waals surface area contributed by atoms with E-state index >= 15 is 0 Å². The largest absolute Gasteiger partial charge is 0.493 e. The van der Waals surface area contributed by atoms with Crippen molar-refractivity contribution in [3.63, 3.8) is 0 Å². The lowest BCUT2D eigenvalue weighted by atomic mass is 9.96. The van der Waals surface area contributed by atoms with Crippen molar-refractivity contribution in [2.24, 2.45) is 0 Å². The molecule has 2 rings (SSSR count). The van der Waals surface area contributed by atoms with Crippen molar-refractivity contribution >= 4 is 11.8 Å². The second kappa shape index (κ2) is 6.76. The fourth-order valence-corrected chi connectivity index (χ4v) is 2.19. The van der Waals surface area contributed by atoms with Crippen LogP contribution < -0.4 is 9.47 Å². The molecule has 2 aromatic rings. The van der Waals surface area contributed by atoms with Gasteiger partial charge in [-0.25, -0.2) is 0 Å². The van der Waals surface area contributed by atoms with Crippen molar-refractivity contribution in [3.05, 3.63) is 59.2 Å². The van der Waals surface area contributed by atoms with Gasteiger partial charge in [-0.1, -0.05) is 30.3 Å². The second-order valence-corrected chi connectivity index (χ2v) is 4.63. The molecule has 0 unspecified atom stereocenters. The summed E-state index contributed by atoms with van der Waals surface area (Å²) in [7, 11) is 2.92. The van der Waals surface area contributed by atoms with Crippen LogP contribution in [0.25, 0.3) is 0 Å². The Morgan fingerprint density at radius 2 is 1.59 bits per heavy atom. The normalized spacial score (nSPS) is 10.1. The van der Waals surface area contributed by atoms with Crippen molar-refractivity contribution in [2.75, 3.05) is 14.2 Å². The minimum atomic E-state index is -1.02. The van der Waals surface area contributed by atoms with Crippen molar-refractivity contribution < 1.29 is 24.2 Å². The van der Waals surface area contributed by atoms with Crippen LogP contribution in [-0.2, 0) is 11.2 Å². The third kappa shape index (κ3) is 3.25. The number of aliphatic carboxylic acids is 1. The van der Waals surface area contributed by atoms with Gasteiger partial charge in [0.2, 0.25) is 0 Å². The Balaban J connectivity index is 2.56. The van der Waals surface area contributed by atoms with Gasteiger partial charge in [0.25, 0.3) is 0 Å². The molecule has 0 aliphatic carbocycles. The lowest BCUT2D eigenvalue weighted by Crippen LogP contribution is -2.10. The fraction of sp³-hybridized carbons (Fsp3) is 0.176. The molecular formula is C17H16O5. The summed E-state index contributed by atoms with van der Waals surface area (Å²) in [6.07, 6.45) is -0.270. The van der Waals surface area contributed by atoms with E-state index in [1.807, 2.05) is 6.07 Å². The Bertz CT molecular complexity index is 692. The van der Waals surface area contributed by atoms with Gasteiger partial charge in [-0.2, -0.15) is 0 Å². The van der Waals surface area contributed by atoms with Gasteiger partial charge in [-0.15, -0.1) is 0 Å². The molecule has 0 amide bonds. The summed E-state index contributed by atoms with van der Waals surface area (Å²) in [5.41, 5.74) is 1.17. The van der Waals surface area contributed by atoms with Crippen LogP contribution in [-0.4, -0.2) is 31.1 Å². The monoisotopic (exact) mass is 300 g/mol. The number of hydrogen-bond acceptors (Lipinski definition) is 4. The number of ketones is 1. The van der Waals surface area contributed by atoms with Crippen molar-refractivity contribution in [1.82, 2.24) is 0 Å². The first-order valence-corrected chi connectivity index (χ1v) is 6.63. The molecule has 0 bridgehead atoms. The zero-order chi connectivity index (χ0) is 16.1. The Hall–Kier alpha value is -2.82. The van der Waals surface area contributed by atoms with Gasteiger partial charge in [0.15, 0.2) is 17.3 Å². The molecule has 0 heterocycles. The lowest BCUT2D eigenvalue weighted by molar-refractivity contribution is -0.136. The number of carbonyl (C=O) groups excluding carboxylic acids is 1. The zero-order valence-electron chi connectivity index (χ0n) is 12.3. The summed E-state index contributed by atoms with van der Waals surface area (Å²) >= 11 is 0. The molecule has 1 N–H and O–H groups in total. The predicted molar refractivity (Wildman–Crippen MR) is 80.8 cm³/mol. The number of carbonyl (C=O) groups is 2. The van der Waals surface area contributed by atoms with Crippen LogP contribution in [0.4, 0.5) is 0 Å². The number of carboxylic acid groups (broad SMARTS) is 1. The summed E-state index contributed by atoms with van der Waals surface area (Å²) in [6.45, 7) is 0. The minimum absolute atomic E-state index is 0.252. The van der Waals surface area contributed by atoms with E-state index in [1.165, 1.54) is 26.4 Å². The quantitative estimate of drug-likeness (QED) is 0.830. The van der Waals surface area contributed by atoms with Crippen LogP contribution in [0.2, 0.25) is 0 Å². The second-order valence-electron chi connectivity index (χ2n) is 4.63. The lowest BCUT2D eigenvalue weighted by Gasteiger charge is -2.13. The molecule has 2 aromatic carbocycles. The first-order valence-electron chi connectivity index (χ1n) is 6.63. The fourth-order valence-electron chi connectivity index (χ4n) is 2.19. The minimum Gasteiger partial charge on any atom is -0.493 e. The van der Waals surface area contributed by atoms with E-state index in [-0.39, 0.29) is 12.2 Å². The maximum Gasteiger partial charge on any atom is 0.307 e. The number of methoxy groups -OCH3 is 2. The summed E-state index contributed by atoms with van der Waals surface area (Å²) in [5.74, 6) is -0.494. The summed E-state index contributed by atoms with van der Waals surface area (Å²) in [6, 6.07) is 11.7. The highest BCUT2D eigenvalue weighted by molar-refractivity contribution is 6.10. The van der Waals surface area contributed by atoms with E-state index in [1.54, 1.807) is 24.3 Å². The SMILES string of the molecule is COc1cc(CC(=O)O)c(C(=O)c2ccccc2)cc1OC. The first kappa shape index (κ1) is 15.6. The highest BCUT2D eigenvalue weighted by Crippen LogP contribution is 2.32. The molecule has 0 saturated heterocycles. The van der Waals surface area contributed by atoms with E-state index in [9.17, 15) is 9.59 Å². The van der Waals surface area contributed by atoms with Crippen molar-refractivity contribution in [3.8, 4) is 11.5 Å². The maximum absolute atomic E-state index is 12.6. The number of hydrogen-bond donors (Lipinski definition) is 1. The molecule has 114 valence electrons. The van der Waals surface area contributed by atoms with E-state index in [4.69, 9.17) is 14.6 Å². The average molecular weight is 300 g/mol. The van der Waals surface area contributed by atoms with Gasteiger partial charge in [-0.3, -0.25) is 9.59 Å². The van der Waals surface area contributed by atoms with Crippen LogP contribution in [0.1, 0.15) is 21.5 Å². The summed E-state index contributed by atoms with van der Waals surface area (Å²) in [5, 5.41) is 9.05. The first-order chi connectivity index (χ1) is 10.6. The molecular weight excluding hydrogens is 284 g/mol. The number of rotatable bonds is 6. The molecule has 0 fully saturated rings. The van der Waals surface area contributed by atoms with Gasteiger partial charge >= 0.3 is 5.97 Å². The third-order valence-electron chi connectivity index (χ3n) is 3.23. The summed E-state index contributed by atoms with van der Waals surface area (Å²) in [4.78, 5) is 23.7. The predicted octanol–water partition coefficient (Wildman–Crippen LogP) is 2.56. The molecule has 0 saturated carbocycles. The third-order valence-corrected chi connectivity index (χ3v) is 3.23. The van der Waals surface area contributed by atoms with E-state index in [0.29, 0.717) is 28.2 Å². The van der Waals surface area contributed by atoms with Crippen LogP contribution in [0, 0.1) is 0 Å². The summed E-state index contributed by atoms with van der Waals surface area (Å²) < 4.78 is 10.4. The standard InChI is InChI=1S/C17H16O5/c1-21-14-8-12(9-16(18)19)13(10-15(14)22-2)17(20)11-6-4-3-5-7-11/h3-8,10H,9H2,1-2H3,(H,18,19). The van der Waals surface area contributed by atoms with E-state index in [2.05, 4.69) is 0 Å². The Labute approximate surface area is 128 Å². The molecule has 0 atom stereocenters. The molecule has 0 aliphatic heterocycles. The number of ether oxygens (including phenoxy) is 2. The Kier molecular flexibility index (Phi) is 4.78. The van der Waals surface area contributed by atoms with Gasteiger partial charge in [0.1, 0.15) is 0 Å².